The van der Waals surface area contributed by atoms with Crippen molar-refractivity contribution >= 4 is 29.1 Å². The zero-order valence-corrected chi connectivity index (χ0v) is 19.0. The molecule has 0 unspecified atom stereocenters. The Balaban J connectivity index is 1.62. The van der Waals surface area contributed by atoms with E-state index in [0.29, 0.717) is 28.0 Å². The first-order valence-electron chi connectivity index (χ1n) is 9.80. The summed E-state index contributed by atoms with van der Waals surface area (Å²) in [6.07, 6.45) is 1.73. The highest BCUT2D eigenvalue weighted by Gasteiger charge is 2.15. The summed E-state index contributed by atoms with van der Waals surface area (Å²) in [5.74, 6) is 1.44. The van der Waals surface area contributed by atoms with Gasteiger partial charge in [-0.1, -0.05) is 37.0 Å². The number of furan rings is 1. The van der Waals surface area contributed by atoms with Gasteiger partial charge in [-0.15, -0.1) is 0 Å². The molecule has 0 bridgehead atoms. The van der Waals surface area contributed by atoms with Crippen LogP contribution in [0.1, 0.15) is 59.8 Å². The van der Waals surface area contributed by atoms with Crippen LogP contribution in [0.5, 0.6) is 5.75 Å². The second-order valence-corrected chi connectivity index (χ2v) is 8.13. The Kier molecular flexibility index (Phi) is 7.10. The summed E-state index contributed by atoms with van der Waals surface area (Å²) in [4.78, 5) is 12.4. The maximum atomic E-state index is 12.4. The van der Waals surface area contributed by atoms with Gasteiger partial charge in [0.2, 0.25) is 0 Å². The monoisotopic (exact) mass is 449 g/mol. The van der Waals surface area contributed by atoms with E-state index in [2.05, 4.69) is 24.3 Å². The molecule has 1 N–H and O–H groups in total. The van der Waals surface area contributed by atoms with Gasteiger partial charge in [0.1, 0.15) is 23.8 Å². The van der Waals surface area contributed by atoms with E-state index < -0.39 is 0 Å². The van der Waals surface area contributed by atoms with Gasteiger partial charge in [-0.2, -0.15) is 5.10 Å². The Morgan fingerprint density at radius 2 is 2.03 bits per heavy atom. The molecular formula is C22H25Cl2N3O3. The van der Waals surface area contributed by atoms with E-state index in [1.54, 1.807) is 23.0 Å². The fourth-order valence-electron chi connectivity index (χ4n) is 2.94. The van der Waals surface area contributed by atoms with E-state index in [4.69, 9.17) is 32.4 Å². The number of ether oxygens (including phenoxy) is 1. The van der Waals surface area contributed by atoms with Gasteiger partial charge in [0.15, 0.2) is 5.76 Å². The molecule has 0 saturated carbocycles. The van der Waals surface area contributed by atoms with Gasteiger partial charge < -0.3 is 14.5 Å². The molecule has 0 aliphatic heterocycles. The molecule has 2 aromatic heterocycles. The van der Waals surface area contributed by atoms with E-state index in [9.17, 15) is 4.79 Å². The molecule has 0 radical (unpaired) electrons. The molecule has 3 aromatic rings. The summed E-state index contributed by atoms with van der Waals surface area (Å²) in [7, 11) is 0. The number of amides is 1. The molecule has 0 saturated heterocycles. The number of carbonyl (C=O) groups is 1. The summed E-state index contributed by atoms with van der Waals surface area (Å²) in [5, 5.41) is 8.31. The lowest BCUT2D eigenvalue weighted by Gasteiger charge is -2.15. The van der Waals surface area contributed by atoms with Gasteiger partial charge in [-0.05, 0) is 55.2 Å². The second kappa shape index (κ2) is 9.58. The number of halogens is 2. The quantitative estimate of drug-likeness (QED) is 0.475. The average molecular weight is 450 g/mol. The predicted molar refractivity (Wildman–Crippen MR) is 117 cm³/mol. The van der Waals surface area contributed by atoms with Crippen LogP contribution in [0, 0.1) is 6.92 Å². The zero-order valence-electron chi connectivity index (χ0n) is 17.5. The Morgan fingerprint density at radius 3 is 2.70 bits per heavy atom. The Bertz CT molecular complexity index is 1040. The van der Waals surface area contributed by atoms with Crippen molar-refractivity contribution in [1.82, 2.24) is 15.1 Å². The molecule has 0 atom stereocenters. The lowest BCUT2D eigenvalue weighted by Crippen LogP contribution is -2.22. The molecule has 8 heteroatoms. The van der Waals surface area contributed by atoms with Crippen molar-refractivity contribution < 1.29 is 13.9 Å². The summed E-state index contributed by atoms with van der Waals surface area (Å²) < 4.78 is 13.3. The SMILES string of the molecule is CCn1cc(Cl)c(CNC(=O)c2ccc(COc3cc(C)c(Cl)cc3C(C)C)o2)n1. The molecule has 6 nitrogen and oxygen atoms in total. The fourth-order valence-corrected chi connectivity index (χ4v) is 3.33. The normalized spacial score (nSPS) is 11.2. The van der Waals surface area contributed by atoms with E-state index in [0.717, 1.165) is 16.9 Å². The Hall–Kier alpha value is -2.44. The van der Waals surface area contributed by atoms with Crippen molar-refractivity contribution in [3.05, 3.63) is 68.8 Å². The third-order valence-electron chi connectivity index (χ3n) is 4.70. The minimum absolute atomic E-state index is 0.205. The number of carbonyl (C=O) groups excluding carboxylic acids is 1. The summed E-state index contributed by atoms with van der Waals surface area (Å²) >= 11 is 12.4. The number of hydrogen-bond donors (Lipinski definition) is 1. The molecule has 3 rings (SSSR count). The number of hydrogen-bond acceptors (Lipinski definition) is 4. The van der Waals surface area contributed by atoms with Crippen molar-refractivity contribution in [3.8, 4) is 5.75 Å². The molecule has 0 aliphatic rings. The fraction of sp³-hybridized carbons (Fsp3) is 0.364. The molecule has 1 aromatic carbocycles. The van der Waals surface area contributed by atoms with Crippen LogP contribution in [0.3, 0.4) is 0 Å². The summed E-state index contributed by atoms with van der Waals surface area (Å²) in [6, 6.07) is 7.21. The van der Waals surface area contributed by atoms with Crippen LogP contribution in [0.25, 0.3) is 0 Å². The van der Waals surface area contributed by atoms with E-state index in [1.807, 2.05) is 26.0 Å². The van der Waals surface area contributed by atoms with Crippen LogP contribution < -0.4 is 10.1 Å². The number of benzene rings is 1. The highest BCUT2D eigenvalue weighted by molar-refractivity contribution is 6.31. The van der Waals surface area contributed by atoms with E-state index in [-0.39, 0.29) is 30.7 Å². The van der Waals surface area contributed by atoms with Crippen molar-refractivity contribution in [2.24, 2.45) is 0 Å². The first-order chi connectivity index (χ1) is 14.3. The van der Waals surface area contributed by atoms with Crippen LogP contribution in [-0.2, 0) is 19.7 Å². The van der Waals surface area contributed by atoms with Crippen LogP contribution in [0.2, 0.25) is 10.0 Å². The van der Waals surface area contributed by atoms with Gasteiger partial charge in [0.05, 0.1) is 11.6 Å². The molecule has 160 valence electrons. The van der Waals surface area contributed by atoms with Crippen molar-refractivity contribution in [2.75, 3.05) is 0 Å². The maximum absolute atomic E-state index is 12.4. The van der Waals surface area contributed by atoms with E-state index in [1.165, 1.54) is 0 Å². The van der Waals surface area contributed by atoms with Gasteiger partial charge in [-0.25, -0.2) is 0 Å². The Labute approximate surface area is 186 Å². The first kappa shape index (κ1) is 22.2. The minimum Gasteiger partial charge on any atom is -0.485 e. The lowest BCUT2D eigenvalue weighted by atomic mass is 10.0. The predicted octanol–water partition coefficient (Wildman–Crippen LogP) is 5.74. The van der Waals surface area contributed by atoms with Crippen molar-refractivity contribution in [2.45, 2.75) is 53.3 Å². The molecule has 30 heavy (non-hydrogen) atoms. The highest BCUT2D eigenvalue weighted by Crippen LogP contribution is 2.32. The van der Waals surface area contributed by atoms with Gasteiger partial charge in [-0.3, -0.25) is 9.48 Å². The lowest BCUT2D eigenvalue weighted by molar-refractivity contribution is 0.0918. The third kappa shape index (κ3) is 5.18. The number of aromatic nitrogens is 2. The summed E-state index contributed by atoms with van der Waals surface area (Å²) in [6.45, 7) is 9.21. The number of nitrogens with zero attached hydrogens (tertiary/aromatic N) is 2. The van der Waals surface area contributed by atoms with Gasteiger partial charge >= 0.3 is 0 Å². The second-order valence-electron chi connectivity index (χ2n) is 7.31. The minimum atomic E-state index is -0.339. The zero-order chi connectivity index (χ0) is 21.8. The van der Waals surface area contributed by atoms with Crippen LogP contribution in [0.15, 0.2) is 34.9 Å². The number of nitrogens with one attached hydrogen (secondary N) is 1. The largest absolute Gasteiger partial charge is 0.485 e. The average Bonchev–Trinajstić information content (AvgIpc) is 3.33. The number of rotatable bonds is 8. The van der Waals surface area contributed by atoms with Crippen LogP contribution >= 0.6 is 23.2 Å². The topological polar surface area (TPSA) is 69.3 Å². The standard InChI is InChI=1S/C22H25Cl2N3O3/c1-5-27-11-18(24)19(26-27)10-25-22(28)20-7-6-15(30-20)12-29-21-8-14(4)17(23)9-16(21)13(2)3/h6-9,11,13H,5,10,12H2,1-4H3,(H,25,28). The molecule has 0 spiro atoms. The smallest absolute Gasteiger partial charge is 0.287 e. The maximum Gasteiger partial charge on any atom is 0.287 e. The molecule has 0 fully saturated rings. The first-order valence-corrected chi connectivity index (χ1v) is 10.6. The highest BCUT2D eigenvalue weighted by atomic mass is 35.5. The molecular weight excluding hydrogens is 425 g/mol. The number of aryl methyl sites for hydroxylation is 2. The van der Waals surface area contributed by atoms with Crippen molar-refractivity contribution in [1.29, 1.82) is 0 Å². The van der Waals surface area contributed by atoms with Gasteiger partial charge in [0.25, 0.3) is 5.91 Å². The molecule has 2 heterocycles. The molecule has 0 aliphatic carbocycles. The molecule has 1 amide bonds. The van der Waals surface area contributed by atoms with E-state index >= 15 is 0 Å². The van der Waals surface area contributed by atoms with Gasteiger partial charge in [0, 0.05) is 17.8 Å². The Morgan fingerprint density at radius 1 is 1.27 bits per heavy atom. The van der Waals surface area contributed by atoms with Crippen molar-refractivity contribution in [3.63, 3.8) is 0 Å². The summed E-state index contributed by atoms with van der Waals surface area (Å²) in [5.41, 5.74) is 2.58. The van der Waals surface area contributed by atoms with Crippen LogP contribution in [-0.4, -0.2) is 15.7 Å². The van der Waals surface area contributed by atoms with Crippen LogP contribution in [0.4, 0.5) is 0 Å². The third-order valence-corrected chi connectivity index (χ3v) is 5.42.